The number of rotatable bonds is 1. The second-order valence-corrected chi connectivity index (χ2v) is 3.32. The van der Waals surface area contributed by atoms with E-state index in [-0.39, 0.29) is 11.6 Å². The zero-order valence-corrected chi connectivity index (χ0v) is 8.42. The number of amides is 1. The molecule has 1 aromatic heterocycles. The molecule has 0 saturated carbocycles. The number of halogens is 2. The Balaban J connectivity index is 3.04. The molecule has 0 aliphatic carbocycles. The van der Waals surface area contributed by atoms with Gasteiger partial charge in [-0.15, -0.1) is 0 Å². The van der Waals surface area contributed by atoms with Crippen LogP contribution in [0.25, 0.3) is 0 Å². The van der Waals surface area contributed by atoms with E-state index in [0.717, 1.165) is 6.20 Å². The monoisotopic (exact) mass is 280 g/mol. The van der Waals surface area contributed by atoms with Crippen LogP contribution in [0, 0.1) is 9.39 Å². The molecule has 64 valence electrons. The minimum atomic E-state index is -0.517. The maximum atomic E-state index is 12.9. The van der Waals surface area contributed by atoms with Crippen LogP contribution in [0.2, 0.25) is 0 Å². The van der Waals surface area contributed by atoms with Crippen LogP contribution in [0.3, 0.4) is 0 Å². The van der Waals surface area contributed by atoms with E-state index in [0.29, 0.717) is 3.57 Å². The second kappa shape index (κ2) is 3.79. The van der Waals surface area contributed by atoms with Crippen molar-refractivity contribution < 1.29 is 9.18 Å². The highest BCUT2D eigenvalue weighted by Gasteiger charge is 2.07. The largest absolute Gasteiger partial charge is 0.323 e. The summed E-state index contributed by atoms with van der Waals surface area (Å²) in [5.74, 6) is -0.810. The van der Waals surface area contributed by atoms with Gasteiger partial charge in [-0.25, -0.2) is 4.39 Å². The van der Waals surface area contributed by atoms with Crippen LogP contribution in [0.1, 0.15) is 6.92 Å². The Morgan fingerprint density at radius 1 is 1.67 bits per heavy atom. The number of pyridine rings is 1. The molecule has 0 saturated heterocycles. The average Bonchev–Trinajstić information content (AvgIpc) is 1.97. The van der Waals surface area contributed by atoms with Crippen molar-refractivity contribution in [1.82, 2.24) is 4.98 Å². The molecule has 1 aromatic rings. The Labute approximate surface area is 82.5 Å². The average molecular weight is 280 g/mol. The van der Waals surface area contributed by atoms with E-state index in [1.54, 1.807) is 0 Å². The maximum absolute atomic E-state index is 12.9. The number of aromatic nitrogens is 1. The van der Waals surface area contributed by atoms with Crippen LogP contribution < -0.4 is 5.32 Å². The van der Waals surface area contributed by atoms with Gasteiger partial charge >= 0.3 is 0 Å². The summed E-state index contributed by atoms with van der Waals surface area (Å²) in [6.45, 7) is 1.33. The molecule has 1 amide bonds. The van der Waals surface area contributed by atoms with Crippen LogP contribution >= 0.6 is 22.6 Å². The van der Waals surface area contributed by atoms with Crippen molar-refractivity contribution in [2.45, 2.75) is 6.92 Å². The summed E-state index contributed by atoms with van der Waals surface area (Å²) in [6, 6.07) is 0. The molecule has 0 bridgehead atoms. The molecule has 1 heterocycles. The standard InChI is InChI=1S/C7H6FIN2O/c1-4(12)11-7-5(8)2-10-3-6(7)9/h2-3H,1H3,(H,10,11,12). The lowest BCUT2D eigenvalue weighted by Crippen LogP contribution is -2.09. The zero-order chi connectivity index (χ0) is 9.14. The first-order chi connectivity index (χ1) is 5.61. The summed E-state index contributed by atoms with van der Waals surface area (Å²) >= 11 is 1.90. The van der Waals surface area contributed by atoms with Crippen LogP contribution in [0.5, 0.6) is 0 Å². The lowest BCUT2D eigenvalue weighted by atomic mass is 10.4. The van der Waals surface area contributed by atoms with E-state index in [4.69, 9.17) is 0 Å². The molecule has 0 aromatic carbocycles. The lowest BCUT2D eigenvalue weighted by Gasteiger charge is -2.04. The van der Waals surface area contributed by atoms with Crippen molar-refractivity contribution >= 4 is 34.2 Å². The summed E-state index contributed by atoms with van der Waals surface area (Å²) in [7, 11) is 0. The van der Waals surface area contributed by atoms with E-state index in [2.05, 4.69) is 10.3 Å². The fourth-order valence-electron chi connectivity index (χ4n) is 0.707. The quantitative estimate of drug-likeness (QED) is 0.797. The Bertz CT molecular complexity index is 296. The third kappa shape index (κ3) is 2.13. The number of carbonyl (C=O) groups excluding carboxylic acids is 1. The third-order valence-corrected chi connectivity index (χ3v) is 1.97. The Morgan fingerprint density at radius 3 is 2.83 bits per heavy atom. The van der Waals surface area contributed by atoms with Gasteiger partial charge in [-0.1, -0.05) is 0 Å². The number of nitrogens with one attached hydrogen (secondary N) is 1. The van der Waals surface area contributed by atoms with Gasteiger partial charge in [-0.2, -0.15) is 0 Å². The van der Waals surface area contributed by atoms with Crippen molar-refractivity contribution in [2.24, 2.45) is 0 Å². The zero-order valence-electron chi connectivity index (χ0n) is 6.27. The normalized spacial score (nSPS) is 9.58. The summed E-state index contributed by atoms with van der Waals surface area (Å²) in [5.41, 5.74) is 0.193. The number of anilines is 1. The van der Waals surface area contributed by atoms with Crippen molar-refractivity contribution in [3.8, 4) is 0 Å². The number of hydrogen-bond acceptors (Lipinski definition) is 2. The molecule has 0 spiro atoms. The highest BCUT2D eigenvalue weighted by Crippen LogP contribution is 2.19. The van der Waals surface area contributed by atoms with E-state index in [9.17, 15) is 9.18 Å². The van der Waals surface area contributed by atoms with E-state index in [1.807, 2.05) is 22.6 Å². The van der Waals surface area contributed by atoms with Gasteiger partial charge in [-0.3, -0.25) is 9.78 Å². The van der Waals surface area contributed by atoms with Gasteiger partial charge in [0, 0.05) is 13.1 Å². The Hall–Kier alpha value is -0.720. The summed E-state index contributed by atoms with van der Waals surface area (Å²) in [5, 5.41) is 2.38. The smallest absolute Gasteiger partial charge is 0.221 e. The van der Waals surface area contributed by atoms with Gasteiger partial charge in [0.05, 0.1) is 15.5 Å². The minimum absolute atomic E-state index is 0.193. The topological polar surface area (TPSA) is 42.0 Å². The lowest BCUT2D eigenvalue weighted by molar-refractivity contribution is -0.114. The molecule has 0 aliphatic heterocycles. The predicted octanol–water partition coefficient (Wildman–Crippen LogP) is 1.78. The summed E-state index contributed by atoms with van der Waals surface area (Å²) < 4.78 is 13.5. The van der Waals surface area contributed by atoms with Crippen LogP contribution in [-0.4, -0.2) is 10.9 Å². The number of hydrogen-bond donors (Lipinski definition) is 1. The molecule has 0 aliphatic rings. The fourth-order valence-corrected chi connectivity index (χ4v) is 1.26. The van der Waals surface area contributed by atoms with E-state index in [1.165, 1.54) is 13.1 Å². The highest BCUT2D eigenvalue weighted by atomic mass is 127. The molecule has 5 heteroatoms. The summed E-state index contributed by atoms with van der Waals surface area (Å²) in [6.07, 6.45) is 2.54. The third-order valence-electron chi connectivity index (χ3n) is 1.15. The van der Waals surface area contributed by atoms with E-state index < -0.39 is 5.82 Å². The number of nitrogens with zero attached hydrogens (tertiary/aromatic N) is 1. The Kier molecular flexibility index (Phi) is 2.96. The first-order valence-corrected chi connectivity index (χ1v) is 4.25. The summed E-state index contributed by atoms with van der Waals surface area (Å²) in [4.78, 5) is 14.2. The molecule has 0 radical (unpaired) electrons. The van der Waals surface area contributed by atoms with Crippen LogP contribution in [-0.2, 0) is 4.79 Å². The van der Waals surface area contributed by atoms with Gasteiger partial charge in [0.15, 0.2) is 5.82 Å². The van der Waals surface area contributed by atoms with Gasteiger partial charge < -0.3 is 5.32 Å². The van der Waals surface area contributed by atoms with E-state index >= 15 is 0 Å². The van der Waals surface area contributed by atoms with Crippen LogP contribution in [0.15, 0.2) is 12.4 Å². The molecule has 0 atom stereocenters. The fraction of sp³-hybridized carbons (Fsp3) is 0.143. The van der Waals surface area contributed by atoms with Crippen molar-refractivity contribution in [3.63, 3.8) is 0 Å². The minimum Gasteiger partial charge on any atom is -0.323 e. The molecular weight excluding hydrogens is 274 g/mol. The SMILES string of the molecule is CC(=O)Nc1c(F)cncc1I. The molecule has 12 heavy (non-hydrogen) atoms. The molecular formula is C7H6FIN2O. The molecule has 1 N–H and O–H groups in total. The van der Waals surface area contributed by atoms with Gasteiger partial charge in [-0.05, 0) is 22.6 Å². The van der Waals surface area contributed by atoms with Crippen molar-refractivity contribution in [3.05, 3.63) is 21.8 Å². The van der Waals surface area contributed by atoms with Gasteiger partial charge in [0.2, 0.25) is 5.91 Å². The highest BCUT2D eigenvalue weighted by molar-refractivity contribution is 14.1. The first kappa shape index (κ1) is 9.37. The van der Waals surface area contributed by atoms with Crippen molar-refractivity contribution in [1.29, 1.82) is 0 Å². The van der Waals surface area contributed by atoms with Gasteiger partial charge in [0.25, 0.3) is 0 Å². The van der Waals surface area contributed by atoms with Crippen LogP contribution in [0.4, 0.5) is 10.1 Å². The molecule has 1 rings (SSSR count). The molecule has 0 fully saturated rings. The first-order valence-electron chi connectivity index (χ1n) is 3.18. The number of carbonyl (C=O) groups is 1. The Morgan fingerprint density at radius 2 is 2.33 bits per heavy atom. The van der Waals surface area contributed by atoms with Crippen molar-refractivity contribution in [2.75, 3.05) is 5.32 Å². The second-order valence-electron chi connectivity index (χ2n) is 2.16. The maximum Gasteiger partial charge on any atom is 0.221 e. The van der Waals surface area contributed by atoms with Gasteiger partial charge in [0.1, 0.15) is 0 Å². The molecule has 0 unspecified atom stereocenters. The molecule has 3 nitrogen and oxygen atoms in total. The predicted molar refractivity (Wildman–Crippen MR) is 51.2 cm³/mol.